The predicted molar refractivity (Wildman–Crippen MR) is 67.6 cm³/mol. The molecule has 0 radical (unpaired) electrons. The number of anilines is 2. The Morgan fingerprint density at radius 2 is 2.18 bits per heavy atom. The molecule has 1 saturated heterocycles. The summed E-state index contributed by atoms with van der Waals surface area (Å²) in [6.45, 7) is 6.68. The van der Waals surface area contributed by atoms with Crippen LogP contribution in [0.25, 0.3) is 0 Å². The zero-order chi connectivity index (χ0) is 12.1. The highest BCUT2D eigenvalue weighted by Crippen LogP contribution is 2.16. The van der Waals surface area contributed by atoms with Crippen LogP contribution in [-0.4, -0.2) is 46.0 Å². The monoisotopic (exact) mass is 236 g/mol. The van der Waals surface area contributed by atoms with Crippen LogP contribution in [0.2, 0.25) is 0 Å². The third kappa shape index (κ3) is 3.52. The van der Waals surface area contributed by atoms with Gasteiger partial charge in [0.25, 0.3) is 0 Å². The molecule has 1 fully saturated rings. The Hall–Kier alpha value is -1.43. The Bertz CT molecular complexity index is 348. The Kier molecular flexibility index (Phi) is 4.08. The normalized spacial score (nSPS) is 18.2. The minimum atomic E-state index is 0.267. The maximum absolute atomic E-state index is 5.49. The molecule has 1 aromatic heterocycles. The molecule has 2 rings (SSSR count). The first-order chi connectivity index (χ1) is 8.28. The van der Waals surface area contributed by atoms with Gasteiger partial charge in [-0.3, -0.25) is 0 Å². The van der Waals surface area contributed by atoms with E-state index in [0.29, 0.717) is 11.9 Å². The molecule has 6 heteroatoms. The second kappa shape index (κ2) is 5.77. The fourth-order valence-electron chi connectivity index (χ4n) is 2.14. The van der Waals surface area contributed by atoms with Crippen molar-refractivity contribution in [2.75, 3.05) is 37.2 Å². The molecule has 0 atom stereocenters. The molecule has 1 aliphatic heterocycles. The molecule has 0 spiro atoms. The molecule has 17 heavy (non-hydrogen) atoms. The number of piperidine rings is 1. The number of hydrogen-bond donors (Lipinski definition) is 2. The van der Waals surface area contributed by atoms with E-state index in [4.69, 9.17) is 5.73 Å². The molecular weight excluding hydrogens is 216 g/mol. The topological polar surface area (TPSA) is 80.0 Å². The molecule has 2 heterocycles. The van der Waals surface area contributed by atoms with E-state index in [0.717, 1.165) is 13.1 Å². The van der Waals surface area contributed by atoms with Crippen molar-refractivity contribution in [2.45, 2.75) is 19.8 Å². The SMILES string of the molecule is CCN1CCC(CNc2ncnc(N)n2)CC1. The molecule has 1 aliphatic rings. The number of nitrogen functional groups attached to an aromatic ring is 1. The predicted octanol–water partition coefficient (Wildman–Crippen LogP) is 0.598. The lowest BCUT2D eigenvalue weighted by atomic mass is 9.97. The van der Waals surface area contributed by atoms with Crippen LogP contribution in [0.3, 0.4) is 0 Å². The third-order valence-corrected chi connectivity index (χ3v) is 3.29. The summed E-state index contributed by atoms with van der Waals surface area (Å²) >= 11 is 0. The van der Waals surface area contributed by atoms with E-state index in [2.05, 4.69) is 32.1 Å². The van der Waals surface area contributed by atoms with Gasteiger partial charge in [-0.25, -0.2) is 9.97 Å². The average molecular weight is 236 g/mol. The Labute approximate surface area is 102 Å². The summed E-state index contributed by atoms with van der Waals surface area (Å²) in [5.41, 5.74) is 5.49. The summed E-state index contributed by atoms with van der Waals surface area (Å²) in [4.78, 5) is 14.3. The van der Waals surface area contributed by atoms with E-state index in [9.17, 15) is 0 Å². The molecule has 1 aromatic rings. The van der Waals surface area contributed by atoms with E-state index in [1.165, 1.54) is 32.3 Å². The van der Waals surface area contributed by atoms with E-state index in [-0.39, 0.29) is 5.95 Å². The third-order valence-electron chi connectivity index (χ3n) is 3.29. The summed E-state index contributed by atoms with van der Waals surface area (Å²) in [5.74, 6) is 1.55. The van der Waals surface area contributed by atoms with Crippen molar-refractivity contribution in [3.63, 3.8) is 0 Å². The van der Waals surface area contributed by atoms with Crippen molar-refractivity contribution in [3.8, 4) is 0 Å². The number of aromatic nitrogens is 3. The number of nitrogens with zero attached hydrogens (tertiary/aromatic N) is 4. The molecule has 94 valence electrons. The van der Waals surface area contributed by atoms with Crippen LogP contribution in [0.4, 0.5) is 11.9 Å². The van der Waals surface area contributed by atoms with Gasteiger partial charge < -0.3 is 16.0 Å². The van der Waals surface area contributed by atoms with Crippen molar-refractivity contribution in [1.29, 1.82) is 0 Å². The molecule has 0 unspecified atom stereocenters. The highest BCUT2D eigenvalue weighted by Gasteiger charge is 2.17. The molecule has 3 N–H and O–H groups in total. The molecule has 0 aromatic carbocycles. The quantitative estimate of drug-likeness (QED) is 0.797. The maximum Gasteiger partial charge on any atom is 0.227 e. The summed E-state index contributed by atoms with van der Waals surface area (Å²) in [6, 6.07) is 0. The van der Waals surface area contributed by atoms with E-state index in [1.807, 2.05) is 0 Å². The fourth-order valence-corrected chi connectivity index (χ4v) is 2.14. The van der Waals surface area contributed by atoms with Crippen LogP contribution >= 0.6 is 0 Å². The molecular formula is C11H20N6. The van der Waals surface area contributed by atoms with Crippen LogP contribution in [0, 0.1) is 5.92 Å². The van der Waals surface area contributed by atoms with Gasteiger partial charge in [-0.2, -0.15) is 4.98 Å². The average Bonchev–Trinajstić information content (AvgIpc) is 2.37. The zero-order valence-electron chi connectivity index (χ0n) is 10.3. The molecule has 0 aliphatic carbocycles. The van der Waals surface area contributed by atoms with Crippen LogP contribution in [0.5, 0.6) is 0 Å². The molecule has 0 bridgehead atoms. The summed E-state index contributed by atoms with van der Waals surface area (Å²) in [6.07, 6.45) is 3.91. The lowest BCUT2D eigenvalue weighted by Crippen LogP contribution is -2.35. The van der Waals surface area contributed by atoms with Gasteiger partial charge in [0.05, 0.1) is 0 Å². The first-order valence-electron chi connectivity index (χ1n) is 6.18. The smallest absolute Gasteiger partial charge is 0.227 e. The Morgan fingerprint density at radius 3 is 2.82 bits per heavy atom. The van der Waals surface area contributed by atoms with Gasteiger partial charge in [-0.15, -0.1) is 0 Å². The molecule has 6 nitrogen and oxygen atoms in total. The minimum Gasteiger partial charge on any atom is -0.368 e. The number of likely N-dealkylation sites (tertiary alicyclic amines) is 1. The van der Waals surface area contributed by atoms with Crippen LogP contribution in [-0.2, 0) is 0 Å². The Morgan fingerprint density at radius 1 is 1.41 bits per heavy atom. The zero-order valence-corrected chi connectivity index (χ0v) is 10.3. The number of nitrogens with two attached hydrogens (primary N) is 1. The van der Waals surface area contributed by atoms with Crippen molar-refractivity contribution in [2.24, 2.45) is 5.92 Å². The van der Waals surface area contributed by atoms with Crippen LogP contribution < -0.4 is 11.1 Å². The van der Waals surface area contributed by atoms with Crippen molar-refractivity contribution < 1.29 is 0 Å². The van der Waals surface area contributed by atoms with Crippen LogP contribution in [0.15, 0.2) is 6.33 Å². The molecule has 0 amide bonds. The standard InChI is InChI=1S/C11H20N6/c1-2-17-5-3-9(4-6-17)7-13-11-15-8-14-10(12)16-11/h8-9H,2-7H2,1H3,(H3,12,13,14,15,16). The van der Waals surface area contributed by atoms with E-state index >= 15 is 0 Å². The van der Waals surface area contributed by atoms with Gasteiger partial charge >= 0.3 is 0 Å². The summed E-state index contributed by atoms with van der Waals surface area (Å²) < 4.78 is 0. The van der Waals surface area contributed by atoms with Crippen molar-refractivity contribution in [1.82, 2.24) is 19.9 Å². The van der Waals surface area contributed by atoms with Crippen LogP contribution in [0.1, 0.15) is 19.8 Å². The lowest BCUT2D eigenvalue weighted by Gasteiger charge is -2.30. The van der Waals surface area contributed by atoms with E-state index < -0.39 is 0 Å². The molecule has 0 saturated carbocycles. The van der Waals surface area contributed by atoms with Gasteiger partial charge in [-0.05, 0) is 38.4 Å². The summed E-state index contributed by atoms with van der Waals surface area (Å²) in [7, 11) is 0. The lowest BCUT2D eigenvalue weighted by molar-refractivity contribution is 0.198. The first kappa shape index (κ1) is 12.0. The van der Waals surface area contributed by atoms with Gasteiger partial charge in [0.2, 0.25) is 11.9 Å². The first-order valence-corrected chi connectivity index (χ1v) is 6.18. The van der Waals surface area contributed by atoms with Gasteiger partial charge in [0.1, 0.15) is 6.33 Å². The van der Waals surface area contributed by atoms with Gasteiger partial charge in [0.15, 0.2) is 0 Å². The largest absolute Gasteiger partial charge is 0.368 e. The van der Waals surface area contributed by atoms with Crippen molar-refractivity contribution >= 4 is 11.9 Å². The summed E-state index contributed by atoms with van der Waals surface area (Å²) in [5, 5.41) is 3.23. The minimum absolute atomic E-state index is 0.267. The number of hydrogen-bond acceptors (Lipinski definition) is 6. The van der Waals surface area contributed by atoms with E-state index in [1.54, 1.807) is 0 Å². The highest BCUT2D eigenvalue weighted by molar-refractivity contribution is 5.28. The second-order valence-corrected chi connectivity index (χ2v) is 4.43. The number of nitrogens with one attached hydrogen (secondary N) is 1. The number of rotatable bonds is 4. The van der Waals surface area contributed by atoms with Gasteiger partial charge in [0, 0.05) is 6.54 Å². The second-order valence-electron chi connectivity index (χ2n) is 4.43. The fraction of sp³-hybridized carbons (Fsp3) is 0.727. The maximum atomic E-state index is 5.49. The van der Waals surface area contributed by atoms with Crippen molar-refractivity contribution in [3.05, 3.63) is 6.33 Å². The van der Waals surface area contributed by atoms with Gasteiger partial charge in [-0.1, -0.05) is 6.92 Å². The Balaban J connectivity index is 1.76. The highest BCUT2D eigenvalue weighted by atomic mass is 15.2.